The van der Waals surface area contributed by atoms with Gasteiger partial charge in [0.1, 0.15) is 0 Å². The summed E-state index contributed by atoms with van der Waals surface area (Å²) in [6.07, 6.45) is 0.298. The van der Waals surface area contributed by atoms with Gasteiger partial charge in [0, 0.05) is 10.9 Å². The van der Waals surface area contributed by atoms with E-state index in [0.29, 0.717) is 12.2 Å². The monoisotopic (exact) mass is 310 g/mol. The SMILES string of the molecule is Cc1ccc(-n2nnnc2CCC(=O)O)c(Br)c1. The molecule has 0 spiro atoms. The van der Waals surface area contributed by atoms with Gasteiger partial charge in [0.15, 0.2) is 5.82 Å². The van der Waals surface area contributed by atoms with E-state index in [2.05, 4.69) is 31.5 Å². The van der Waals surface area contributed by atoms with Crippen molar-refractivity contribution in [3.8, 4) is 5.69 Å². The standard InChI is InChI=1S/C11H11BrN4O2/c1-7-2-3-9(8(12)6-7)16-10(13-14-15-16)4-5-11(17)18/h2-3,6H,4-5H2,1H3,(H,17,18). The van der Waals surface area contributed by atoms with E-state index in [1.165, 1.54) is 0 Å². The number of carboxylic acid groups (broad SMARTS) is 1. The van der Waals surface area contributed by atoms with Crippen LogP contribution in [0, 0.1) is 6.92 Å². The summed E-state index contributed by atoms with van der Waals surface area (Å²) in [6.45, 7) is 1.99. The fraction of sp³-hybridized carbons (Fsp3) is 0.273. The summed E-state index contributed by atoms with van der Waals surface area (Å²) in [4.78, 5) is 10.6. The number of aromatic nitrogens is 4. The molecule has 0 aliphatic rings. The number of halogens is 1. The Balaban J connectivity index is 2.33. The van der Waals surface area contributed by atoms with Gasteiger partial charge in [-0.15, -0.1) is 5.10 Å². The molecule has 1 aromatic carbocycles. The zero-order valence-corrected chi connectivity index (χ0v) is 11.3. The second-order valence-electron chi connectivity index (χ2n) is 3.86. The zero-order valence-electron chi connectivity index (χ0n) is 9.67. The maximum atomic E-state index is 10.6. The van der Waals surface area contributed by atoms with Crippen LogP contribution in [0.15, 0.2) is 22.7 Å². The van der Waals surface area contributed by atoms with E-state index < -0.39 is 5.97 Å². The Bertz CT molecular complexity index is 582. The lowest BCUT2D eigenvalue weighted by atomic mass is 10.2. The van der Waals surface area contributed by atoms with Crippen LogP contribution in [0.3, 0.4) is 0 Å². The van der Waals surface area contributed by atoms with E-state index >= 15 is 0 Å². The second kappa shape index (κ2) is 5.26. The van der Waals surface area contributed by atoms with Crippen molar-refractivity contribution >= 4 is 21.9 Å². The van der Waals surface area contributed by atoms with Crippen LogP contribution in [0.4, 0.5) is 0 Å². The summed E-state index contributed by atoms with van der Waals surface area (Å²) in [5, 5.41) is 20.0. The predicted molar refractivity (Wildman–Crippen MR) is 67.5 cm³/mol. The summed E-state index contributed by atoms with van der Waals surface area (Å²) < 4.78 is 2.42. The van der Waals surface area contributed by atoms with Gasteiger partial charge in [0.2, 0.25) is 0 Å². The van der Waals surface area contributed by atoms with Crippen LogP contribution in [-0.4, -0.2) is 31.3 Å². The highest BCUT2D eigenvalue weighted by molar-refractivity contribution is 9.10. The maximum Gasteiger partial charge on any atom is 0.303 e. The molecule has 0 amide bonds. The number of tetrazole rings is 1. The summed E-state index contributed by atoms with van der Waals surface area (Å²) in [6, 6.07) is 5.79. The average Bonchev–Trinajstić information content (AvgIpc) is 2.74. The first-order valence-corrected chi connectivity index (χ1v) is 6.13. The van der Waals surface area contributed by atoms with Crippen LogP contribution >= 0.6 is 15.9 Å². The van der Waals surface area contributed by atoms with E-state index in [9.17, 15) is 4.79 Å². The van der Waals surface area contributed by atoms with Gasteiger partial charge in [-0.3, -0.25) is 4.79 Å². The number of benzene rings is 1. The molecule has 1 heterocycles. The van der Waals surface area contributed by atoms with Gasteiger partial charge in [0.25, 0.3) is 0 Å². The van der Waals surface area contributed by atoms with Gasteiger partial charge in [-0.25, -0.2) is 0 Å². The van der Waals surface area contributed by atoms with Crippen LogP contribution in [0.25, 0.3) is 5.69 Å². The maximum absolute atomic E-state index is 10.6. The van der Waals surface area contributed by atoms with Gasteiger partial charge < -0.3 is 5.11 Å². The number of aryl methyl sites for hydroxylation is 2. The molecule has 0 bridgehead atoms. The number of rotatable bonds is 4. The highest BCUT2D eigenvalue weighted by Gasteiger charge is 2.12. The van der Waals surface area contributed by atoms with Crippen molar-refractivity contribution in [1.29, 1.82) is 0 Å². The van der Waals surface area contributed by atoms with Crippen molar-refractivity contribution in [2.75, 3.05) is 0 Å². The van der Waals surface area contributed by atoms with E-state index in [1.54, 1.807) is 4.68 Å². The molecule has 0 radical (unpaired) electrons. The molecule has 0 fully saturated rings. The third-order valence-electron chi connectivity index (χ3n) is 2.43. The van der Waals surface area contributed by atoms with Crippen LogP contribution in [0.2, 0.25) is 0 Å². The lowest BCUT2D eigenvalue weighted by Gasteiger charge is -2.06. The fourth-order valence-electron chi connectivity index (χ4n) is 1.55. The minimum absolute atomic E-state index is 0.00382. The number of carbonyl (C=O) groups is 1. The molecule has 0 aliphatic heterocycles. The molecular formula is C11H11BrN4O2. The fourth-order valence-corrected chi connectivity index (χ4v) is 2.21. The lowest BCUT2D eigenvalue weighted by molar-refractivity contribution is -0.137. The number of aliphatic carboxylic acids is 1. The quantitative estimate of drug-likeness (QED) is 0.930. The minimum atomic E-state index is -0.868. The van der Waals surface area contributed by atoms with Crippen molar-refractivity contribution < 1.29 is 9.90 Å². The van der Waals surface area contributed by atoms with Gasteiger partial charge in [0.05, 0.1) is 12.1 Å². The van der Waals surface area contributed by atoms with Crippen molar-refractivity contribution in [1.82, 2.24) is 20.2 Å². The van der Waals surface area contributed by atoms with E-state index in [0.717, 1.165) is 15.7 Å². The van der Waals surface area contributed by atoms with Gasteiger partial charge in [-0.1, -0.05) is 6.07 Å². The highest BCUT2D eigenvalue weighted by Crippen LogP contribution is 2.22. The summed E-state index contributed by atoms with van der Waals surface area (Å²) in [7, 11) is 0. The third-order valence-corrected chi connectivity index (χ3v) is 3.06. The Morgan fingerprint density at radius 2 is 2.28 bits per heavy atom. The molecule has 2 rings (SSSR count). The average molecular weight is 311 g/mol. The molecule has 0 atom stereocenters. The van der Waals surface area contributed by atoms with Crippen LogP contribution in [0.1, 0.15) is 17.8 Å². The van der Waals surface area contributed by atoms with Gasteiger partial charge in [-0.05, 0) is 51.0 Å². The first kappa shape index (κ1) is 12.7. The number of hydrogen-bond donors (Lipinski definition) is 1. The van der Waals surface area contributed by atoms with E-state index in [4.69, 9.17) is 5.11 Å². The molecule has 1 aromatic heterocycles. The summed E-state index contributed by atoms with van der Waals surface area (Å²) in [5.41, 5.74) is 1.91. The molecule has 18 heavy (non-hydrogen) atoms. The lowest BCUT2D eigenvalue weighted by Crippen LogP contribution is -2.07. The van der Waals surface area contributed by atoms with Crippen LogP contribution < -0.4 is 0 Å². The van der Waals surface area contributed by atoms with Crippen LogP contribution in [0.5, 0.6) is 0 Å². The van der Waals surface area contributed by atoms with E-state index in [1.807, 2.05) is 25.1 Å². The van der Waals surface area contributed by atoms with Crippen molar-refractivity contribution in [3.63, 3.8) is 0 Å². The van der Waals surface area contributed by atoms with Gasteiger partial charge >= 0.3 is 5.97 Å². The molecule has 2 aromatic rings. The van der Waals surface area contributed by atoms with Gasteiger partial charge in [-0.2, -0.15) is 4.68 Å². The molecule has 94 valence electrons. The van der Waals surface area contributed by atoms with Crippen molar-refractivity contribution in [3.05, 3.63) is 34.1 Å². The Kier molecular flexibility index (Phi) is 3.71. The highest BCUT2D eigenvalue weighted by atomic mass is 79.9. The summed E-state index contributed by atoms with van der Waals surface area (Å²) >= 11 is 3.45. The normalized spacial score (nSPS) is 10.6. The second-order valence-corrected chi connectivity index (χ2v) is 4.71. The number of carboxylic acids is 1. The molecule has 1 N–H and O–H groups in total. The molecule has 7 heteroatoms. The predicted octanol–water partition coefficient (Wildman–Crippen LogP) is 1.75. The Hall–Kier alpha value is -1.76. The first-order chi connectivity index (χ1) is 8.58. The molecule has 6 nitrogen and oxygen atoms in total. The molecular weight excluding hydrogens is 300 g/mol. The van der Waals surface area contributed by atoms with Crippen molar-refractivity contribution in [2.24, 2.45) is 0 Å². The Morgan fingerprint density at radius 1 is 1.50 bits per heavy atom. The smallest absolute Gasteiger partial charge is 0.303 e. The zero-order chi connectivity index (χ0) is 13.1. The summed E-state index contributed by atoms with van der Waals surface area (Å²) in [5.74, 6) is -0.338. The van der Waals surface area contributed by atoms with E-state index in [-0.39, 0.29) is 6.42 Å². The molecule has 0 saturated carbocycles. The Morgan fingerprint density at radius 3 is 2.94 bits per heavy atom. The topological polar surface area (TPSA) is 80.9 Å². The number of hydrogen-bond acceptors (Lipinski definition) is 4. The van der Waals surface area contributed by atoms with Crippen LogP contribution in [-0.2, 0) is 11.2 Å². The van der Waals surface area contributed by atoms with Crippen molar-refractivity contribution in [2.45, 2.75) is 19.8 Å². The first-order valence-electron chi connectivity index (χ1n) is 5.33. The third kappa shape index (κ3) is 2.73. The Labute approximate surface area is 112 Å². The molecule has 0 saturated heterocycles. The molecule has 0 unspecified atom stereocenters. The largest absolute Gasteiger partial charge is 0.481 e. The number of nitrogens with zero attached hydrogens (tertiary/aromatic N) is 4. The molecule has 0 aliphatic carbocycles. The minimum Gasteiger partial charge on any atom is -0.481 e.